The molecule has 0 atom stereocenters. The first-order valence-electron chi connectivity index (χ1n) is 7.65. The predicted molar refractivity (Wildman–Crippen MR) is 97.6 cm³/mol. The third kappa shape index (κ3) is 3.46. The maximum Gasteiger partial charge on any atom is 0.265 e. The molecule has 2 aromatic heterocycles. The van der Waals surface area contributed by atoms with Gasteiger partial charge >= 0.3 is 0 Å². The lowest BCUT2D eigenvalue weighted by Crippen LogP contribution is -2.15. The van der Waals surface area contributed by atoms with Gasteiger partial charge in [-0.15, -0.1) is 11.3 Å². The fraction of sp³-hybridized carbons (Fsp3) is 0.278. The highest BCUT2D eigenvalue weighted by Gasteiger charge is 2.11. The topological polar surface area (TPSA) is 48.1 Å². The molecule has 120 valence electrons. The number of hydrogen-bond donors (Lipinski definition) is 2. The minimum Gasteiger partial charge on any atom is -0.358 e. The molecule has 0 aliphatic rings. The summed E-state index contributed by atoms with van der Waals surface area (Å²) in [5, 5.41) is 6.08. The van der Waals surface area contributed by atoms with Crippen molar-refractivity contribution in [1.29, 1.82) is 0 Å². The van der Waals surface area contributed by atoms with E-state index in [0.717, 1.165) is 29.0 Å². The first-order chi connectivity index (χ1) is 11.0. The van der Waals surface area contributed by atoms with Crippen LogP contribution < -0.4 is 5.32 Å². The van der Waals surface area contributed by atoms with Crippen molar-refractivity contribution in [3.63, 3.8) is 0 Å². The molecule has 4 nitrogen and oxygen atoms in total. The van der Waals surface area contributed by atoms with E-state index in [0.29, 0.717) is 0 Å². The first-order valence-corrected chi connectivity index (χ1v) is 8.53. The smallest absolute Gasteiger partial charge is 0.265 e. The van der Waals surface area contributed by atoms with Crippen LogP contribution in [0.1, 0.15) is 20.9 Å². The molecule has 3 rings (SSSR count). The van der Waals surface area contributed by atoms with Gasteiger partial charge in [0.25, 0.3) is 5.91 Å². The van der Waals surface area contributed by atoms with Crippen LogP contribution in [0.4, 0.5) is 5.69 Å². The Bertz CT molecular complexity index is 818. The van der Waals surface area contributed by atoms with E-state index in [1.807, 2.05) is 29.6 Å². The number of thiophene rings is 1. The highest BCUT2D eigenvalue weighted by molar-refractivity contribution is 7.12. The number of fused-ring (bicyclic) bond motifs is 1. The van der Waals surface area contributed by atoms with E-state index in [4.69, 9.17) is 0 Å². The number of hydrogen-bond acceptors (Lipinski definition) is 3. The van der Waals surface area contributed by atoms with Gasteiger partial charge in [0, 0.05) is 28.8 Å². The average molecular weight is 327 g/mol. The molecule has 0 spiro atoms. The highest BCUT2D eigenvalue weighted by atomic mass is 32.1. The molecule has 0 aliphatic heterocycles. The van der Waals surface area contributed by atoms with Gasteiger partial charge in [0.15, 0.2) is 0 Å². The van der Waals surface area contributed by atoms with Crippen LogP contribution in [0.15, 0.2) is 35.7 Å². The van der Waals surface area contributed by atoms with E-state index >= 15 is 0 Å². The Kier molecular flexibility index (Phi) is 4.50. The maximum absolute atomic E-state index is 12.2. The summed E-state index contributed by atoms with van der Waals surface area (Å²) in [5.41, 5.74) is 4.47. The Morgan fingerprint density at radius 3 is 2.83 bits per heavy atom. The Labute approximate surface area is 140 Å². The number of aromatic nitrogens is 1. The van der Waals surface area contributed by atoms with Gasteiger partial charge in [-0.05, 0) is 62.6 Å². The fourth-order valence-electron chi connectivity index (χ4n) is 2.72. The largest absolute Gasteiger partial charge is 0.358 e. The molecule has 0 saturated carbocycles. The Balaban J connectivity index is 1.88. The Hall–Kier alpha value is -2.11. The van der Waals surface area contributed by atoms with Gasteiger partial charge in [-0.2, -0.15) is 0 Å². The first kappa shape index (κ1) is 15.8. The summed E-state index contributed by atoms with van der Waals surface area (Å²) in [6.45, 7) is 3.11. The number of H-pyrrole nitrogens is 1. The van der Waals surface area contributed by atoms with Crippen molar-refractivity contribution < 1.29 is 4.79 Å². The number of nitrogens with one attached hydrogen (secondary N) is 2. The molecular weight excluding hydrogens is 306 g/mol. The molecule has 2 heterocycles. The quantitative estimate of drug-likeness (QED) is 0.747. The third-order valence-electron chi connectivity index (χ3n) is 3.93. The van der Waals surface area contributed by atoms with Gasteiger partial charge < -0.3 is 15.2 Å². The molecule has 0 aliphatic carbocycles. The Morgan fingerprint density at radius 2 is 2.13 bits per heavy atom. The van der Waals surface area contributed by atoms with Crippen molar-refractivity contribution in [3.8, 4) is 0 Å². The second-order valence-corrected chi connectivity index (χ2v) is 6.92. The van der Waals surface area contributed by atoms with Crippen LogP contribution >= 0.6 is 11.3 Å². The molecule has 0 radical (unpaired) electrons. The molecule has 2 N–H and O–H groups in total. The van der Waals surface area contributed by atoms with Crippen LogP contribution in [0.5, 0.6) is 0 Å². The fourth-order valence-corrected chi connectivity index (χ4v) is 3.34. The van der Waals surface area contributed by atoms with Crippen LogP contribution in [0.25, 0.3) is 10.9 Å². The maximum atomic E-state index is 12.2. The van der Waals surface area contributed by atoms with Crippen LogP contribution in [-0.2, 0) is 6.42 Å². The van der Waals surface area contributed by atoms with Crippen LogP contribution in [0.3, 0.4) is 0 Å². The molecule has 0 fully saturated rings. The monoisotopic (exact) mass is 327 g/mol. The van der Waals surface area contributed by atoms with Gasteiger partial charge in [0.05, 0.1) is 4.88 Å². The predicted octanol–water partition coefficient (Wildman–Crippen LogP) is 3.89. The summed E-state index contributed by atoms with van der Waals surface area (Å²) in [4.78, 5) is 18.5. The second kappa shape index (κ2) is 6.56. The van der Waals surface area contributed by atoms with E-state index in [1.54, 1.807) is 0 Å². The van der Waals surface area contributed by atoms with Crippen molar-refractivity contribution in [1.82, 2.24) is 9.88 Å². The van der Waals surface area contributed by atoms with Crippen LogP contribution in [0, 0.1) is 6.92 Å². The van der Waals surface area contributed by atoms with Crippen molar-refractivity contribution in [2.24, 2.45) is 0 Å². The molecular formula is C18H21N3OS. The van der Waals surface area contributed by atoms with E-state index in [1.165, 1.54) is 28.0 Å². The third-order valence-corrected chi connectivity index (χ3v) is 4.80. The zero-order valence-electron chi connectivity index (χ0n) is 13.6. The van der Waals surface area contributed by atoms with Gasteiger partial charge in [0.1, 0.15) is 0 Å². The van der Waals surface area contributed by atoms with E-state index in [9.17, 15) is 4.79 Å². The highest BCUT2D eigenvalue weighted by Crippen LogP contribution is 2.26. The number of anilines is 1. The van der Waals surface area contributed by atoms with Gasteiger partial charge in [-0.1, -0.05) is 6.07 Å². The SMILES string of the molecule is Cc1[nH]c2ccc(NC(=O)c3cccs3)cc2c1CCN(C)C. The van der Waals surface area contributed by atoms with Crippen LogP contribution in [-0.4, -0.2) is 36.4 Å². The Morgan fingerprint density at radius 1 is 1.30 bits per heavy atom. The number of aryl methyl sites for hydroxylation is 1. The van der Waals surface area contributed by atoms with E-state index < -0.39 is 0 Å². The number of aromatic amines is 1. The second-order valence-electron chi connectivity index (χ2n) is 5.97. The molecule has 23 heavy (non-hydrogen) atoms. The van der Waals surface area contributed by atoms with Gasteiger partial charge in [-0.3, -0.25) is 4.79 Å². The van der Waals surface area contributed by atoms with E-state index in [-0.39, 0.29) is 5.91 Å². The number of rotatable bonds is 5. The molecule has 0 unspecified atom stereocenters. The summed E-state index contributed by atoms with van der Waals surface area (Å²) in [6.07, 6.45) is 0.987. The number of carbonyl (C=O) groups excluding carboxylic acids is 1. The van der Waals surface area contributed by atoms with Gasteiger partial charge in [0.2, 0.25) is 0 Å². The van der Waals surface area contributed by atoms with Crippen molar-refractivity contribution in [3.05, 3.63) is 51.8 Å². The van der Waals surface area contributed by atoms with E-state index in [2.05, 4.69) is 42.3 Å². The summed E-state index contributed by atoms with van der Waals surface area (Å²) in [5.74, 6) is -0.0542. The summed E-state index contributed by atoms with van der Waals surface area (Å²) >= 11 is 1.45. The molecule has 1 aromatic carbocycles. The van der Waals surface area contributed by atoms with Crippen molar-refractivity contribution in [2.45, 2.75) is 13.3 Å². The lowest BCUT2D eigenvalue weighted by Gasteiger charge is -2.10. The molecule has 3 aromatic rings. The summed E-state index contributed by atoms with van der Waals surface area (Å²) in [7, 11) is 4.16. The molecule has 5 heteroatoms. The number of amides is 1. The summed E-state index contributed by atoms with van der Waals surface area (Å²) in [6, 6.07) is 9.76. The van der Waals surface area contributed by atoms with Gasteiger partial charge in [-0.25, -0.2) is 0 Å². The van der Waals surface area contributed by atoms with Crippen molar-refractivity contribution >= 4 is 33.8 Å². The zero-order valence-corrected chi connectivity index (χ0v) is 14.5. The molecule has 0 saturated heterocycles. The zero-order chi connectivity index (χ0) is 16.4. The van der Waals surface area contributed by atoms with Crippen LogP contribution in [0.2, 0.25) is 0 Å². The number of nitrogens with zero attached hydrogens (tertiary/aromatic N) is 1. The van der Waals surface area contributed by atoms with Crippen molar-refractivity contribution in [2.75, 3.05) is 26.0 Å². The molecule has 0 bridgehead atoms. The number of carbonyl (C=O) groups is 1. The molecule has 1 amide bonds. The lowest BCUT2D eigenvalue weighted by molar-refractivity contribution is 0.103. The normalized spacial score (nSPS) is 11.3. The minimum absolute atomic E-state index is 0.0542. The summed E-state index contributed by atoms with van der Waals surface area (Å²) < 4.78 is 0. The number of likely N-dealkylation sites (N-methyl/N-ethyl adjacent to an activating group) is 1. The average Bonchev–Trinajstić information content (AvgIpc) is 3.12. The lowest BCUT2D eigenvalue weighted by atomic mass is 10.1. The standard InChI is InChI=1S/C18H21N3OS/c1-12-14(8-9-21(2)3)15-11-13(6-7-16(15)19-12)20-18(22)17-5-4-10-23-17/h4-7,10-11,19H,8-9H2,1-3H3,(H,20,22). The minimum atomic E-state index is -0.0542. The number of benzene rings is 1.